The minimum absolute atomic E-state index is 0.382. The Morgan fingerprint density at radius 1 is 0.925 bits per heavy atom. The second kappa shape index (κ2) is 15.6. The van der Waals surface area contributed by atoms with Crippen LogP contribution in [0.4, 0.5) is 39.5 Å². The van der Waals surface area contributed by atoms with Crippen molar-refractivity contribution in [3.05, 3.63) is 30.1 Å². The van der Waals surface area contributed by atoms with E-state index in [1.165, 1.54) is 5.56 Å². The molecule has 1 aromatic heterocycles. The highest BCUT2D eigenvalue weighted by molar-refractivity contribution is 5.73. The van der Waals surface area contributed by atoms with Gasteiger partial charge >= 0.3 is 36.4 Å². The number of carboxylic acids is 3. The van der Waals surface area contributed by atoms with E-state index in [0.717, 1.165) is 32.8 Å². The van der Waals surface area contributed by atoms with Gasteiger partial charge in [0.1, 0.15) is 0 Å². The van der Waals surface area contributed by atoms with Gasteiger partial charge in [0.25, 0.3) is 0 Å². The Morgan fingerprint density at radius 2 is 1.38 bits per heavy atom. The van der Waals surface area contributed by atoms with Gasteiger partial charge in [-0.05, 0) is 25.5 Å². The highest BCUT2D eigenvalue weighted by atomic mass is 19.4. The summed E-state index contributed by atoms with van der Waals surface area (Å²) in [5, 5.41) is 21.4. The molecular weight excluding hydrogens is 577 g/mol. The number of hydrogen-bond acceptors (Lipinski definition) is 7. The zero-order valence-corrected chi connectivity index (χ0v) is 20.8. The second-order valence-electron chi connectivity index (χ2n) is 8.27. The number of aliphatic carboxylic acids is 3. The van der Waals surface area contributed by atoms with Crippen LogP contribution in [0.2, 0.25) is 0 Å². The number of fused-ring (bicyclic) bond motifs is 1. The molecule has 0 spiro atoms. The fourth-order valence-corrected chi connectivity index (χ4v) is 3.31. The average Bonchev–Trinajstić information content (AvgIpc) is 3.21. The van der Waals surface area contributed by atoms with Crippen molar-refractivity contribution in [3.8, 4) is 0 Å². The third-order valence-electron chi connectivity index (χ3n) is 4.94. The Hall–Kier alpha value is -3.19. The Morgan fingerprint density at radius 3 is 1.73 bits per heavy atom. The van der Waals surface area contributed by atoms with Crippen molar-refractivity contribution in [3.63, 3.8) is 0 Å². The van der Waals surface area contributed by atoms with Crippen molar-refractivity contribution in [2.24, 2.45) is 0 Å². The molecule has 0 saturated carbocycles. The van der Waals surface area contributed by atoms with E-state index in [4.69, 9.17) is 34.4 Å². The summed E-state index contributed by atoms with van der Waals surface area (Å²) in [7, 11) is 0. The Labute approximate surface area is 220 Å². The summed E-state index contributed by atoms with van der Waals surface area (Å²) >= 11 is 0. The number of rotatable bonds is 3. The fraction of sp³-hybridized carbons (Fsp3) is 0.619. The quantitative estimate of drug-likeness (QED) is 0.441. The first-order valence-corrected chi connectivity index (χ1v) is 11.0. The largest absolute Gasteiger partial charge is 0.490 e. The van der Waals surface area contributed by atoms with E-state index in [1.54, 1.807) is 0 Å². The highest BCUT2D eigenvalue weighted by Gasteiger charge is 2.41. The molecule has 0 aliphatic carbocycles. The van der Waals surface area contributed by atoms with Crippen LogP contribution >= 0.6 is 0 Å². The van der Waals surface area contributed by atoms with Crippen LogP contribution in [0, 0.1) is 0 Å². The van der Waals surface area contributed by atoms with E-state index in [1.807, 2.05) is 18.5 Å². The number of morpholine rings is 1. The number of carbonyl (C=O) groups is 3. The van der Waals surface area contributed by atoms with E-state index < -0.39 is 36.4 Å². The zero-order valence-electron chi connectivity index (χ0n) is 20.8. The summed E-state index contributed by atoms with van der Waals surface area (Å²) in [5.74, 6) is -8.27. The first-order chi connectivity index (χ1) is 18.1. The van der Waals surface area contributed by atoms with E-state index in [-0.39, 0.29) is 0 Å². The second-order valence-corrected chi connectivity index (χ2v) is 8.27. The van der Waals surface area contributed by atoms with Crippen molar-refractivity contribution in [2.45, 2.75) is 57.1 Å². The normalized spacial score (nSPS) is 19.6. The zero-order chi connectivity index (χ0) is 31.5. The van der Waals surface area contributed by atoms with E-state index in [0.29, 0.717) is 18.2 Å². The minimum atomic E-state index is -5.08. The van der Waals surface area contributed by atoms with E-state index in [2.05, 4.69) is 34.7 Å². The molecule has 3 rings (SSSR count). The number of halogens is 9. The number of pyridine rings is 1. The van der Waals surface area contributed by atoms with E-state index in [9.17, 15) is 39.5 Å². The molecule has 2 aliphatic rings. The van der Waals surface area contributed by atoms with Gasteiger partial charge in [-0.1, -0.05) is 6.07 Å². The highest BCUT2D eigenvalue weighted by Crippen LogP contribution is 2.25. The van der Waals surface area contributed by atoms with Crippen molar-refractivity contribution in [1.29, 1.82) is 0 Å². The molecule has 3 heterocycles. The molecule has 0 amide bonds. The number of carboxylic acid groups (broad SMARTS) is 3. The van der Waals surface area contributed by atoms with Gasteiger partial charge in [-0.25, -0.2) is 14.4 Å². The van der Waals surface area contributed by atoms with Crippen LogP contribution in [0.3, 0.4) is 0 Å². The molecule has 0 aromatic carbocycles. The van der Waals surface area contributed by atoms with Crippen LogP contribution in [0.15, 0.2) is 24.5 Å². The summed E-state index contributed by atoms with van der Waals surface area (Å²) in [6.07, 6.45) is -11.1. The summed E-state index contributed by atoms with van der Waals surface area (Å²) in [6.45, 7) is 9.65. The molecular formula is C21H26F9N3O7. The molecule has 2 atom stereocenters. The van der Waals surface area contributed by atoms with Crippen LogP contribution < -0.4 is 0 Å². The van der Waals surface area contributed by atoms with E-state index >= 15 is 0 Å². The van der Waals surface area contributed by atoms with Crippen molar-refractivity contribution in [1.82, 2.24) is 14.8 Å². The molecule has 2 aliphatic heterocycles. The summed E-state index contributed by atoms with van der Waals surface area (Å²) in [6, 6.07) is 5.32. The van der Waals surface area contributed by atoms with Gasteiger partial charge in [0.15, 0.2) is 0 Å². The van der Waals surface area contributed by atoms with Crippen LogP contribution in [0.25, 0.3) is 0 Å². The molecule has 1 aromatic rings. The number of alkyl halides is 9. The van der Waals surface area contributed by atoms with Gasteiger partial charge in [0.2, 0.25) is 0 Å². The lowest BCUT2D eigenvalue weighted by atomic mass is 10.1. The summed E-state index contributed by atoms with van der Waals surface area (Å²) in [5.41, 5.74) is 1.29. The standard InChI is InChI=1S/C15H23N3O.3C2HF3O2/c1-12(2)18-6-7-19-15-11-17(10-14(15)18)9-13-4-3-5-16-8-13;3*3-2(4,5)1(6)7/h3-5,8,12,14-15H,6-7,9-11H2,1-2H3;3*(H,6,7)/t14-,15+;;;/m1.../s1. The first kappa shape index (κ1) is 36.8. The lowest BCUT2D eigenvalue weighted by molar-refractivity contribution is -0.193. The van der Waals surface area contributed by atoms with Crippen molar-refractivity contribution < 1.29 is 74.0 Å². The van der Waals surface area contributed by atoms with Gasteiger partial charge in [-0.3, -0.25) is 14.8 Å². The summed E-state index contributed by atoms with van der Waals surface area (Å²) < 4.78 is 101. The van der Waals surface area contributed by atoms with Gasteiger partial charge in [-0.15, -0.1) is 0 Å². The number of aromatic nitrogens is 1. The third kappa shape index (κ3) is 14.3. The number of nitrogens with zero attached hydrogens (tertiary/aromatic N) is 3. The van der Waals surface area contributed by atoms with Gasteiger partial charge < -0.3 is 20.1 Å². The Balaban J connectivity index is 0.000000603. The SMILES string of the molecule is CC(C)N1CCO[C@H]2CN(Cc3cccnc3)C[C@H]21.O=C(O)C(F)(F)F.O=C(O)C(F)(F)F.O=C(O)C(F)(F)F. The topological polar surface area (TPSA) is 140 Å². The number of likely N-dealkylation sites (tertiary alicyclic amines) is 1. The van der Waals surface area contributed by atoms with Crippen LogP contribution in [0.1, 0.15) is 19.4 Å². The van der Waals surface area contributed by atoms with Crippen molar-refractivity contribution in [2.75, 3.05) is 26.2 Å². The summed E-state index contributed by atoms with van der Waals surface area (Å²) in [4.78, 5) is 36.0. The van der Waals surface area contributed by atoms with Gasteiger partial charge in [-0.2, -0.15) is 39.5 Å². The minimum Gasteiger partial charge on any atom is -0.475 e. The fourth-order valence-electron chi connectivity index (χ4n) is 3.31. The molecule has 230 valence electrons. The molecule has 0 bridgehead atoms. The van der Waals surface area contributed by atoms with Crippen LogP contribution in [-0.2, 0) is 25.7 Å². The number of hydrogen-bond donors (Lipinski definition) is 3. The predicted octanol–water partition coefficient (Wildman–Crippen LogP) is 3.27. The average molecular weight is 603 g/mol. The molecule has 3 N–H and O–H groups in total. The third-order valence-corrected chi connectivity index (χ3v) is 4.94. The van der Waals surface area contributed by atoms with Crippen LogP contribution in [0.5, 0.6) is 0 Å². The predicted molar refractivity (Wildman–Crippen MR) is 116 cm³/mol. The molecule has 10 nitrogen and oxygen atoms in total. The number of ether oxygens (including phenoxy) is 1. The Bertz CT molecular complexity index is 885. The van der Waals surface area contributed by atoms with Crippen LogP contribution in [-0.4, -0.2) is 111 Å². The molecule has 2 fully saturated rings. The lowest BCUT2D eigenvalue weighted by Gasteiger charge is -2.39. The first-order valence-electron chi connectivity index (χ1n) is 11.0. The van der Waals surface area contributed by atoms with Gasteiger partial charge in [0, 0.05) is 44.6 Å². The molecule has 40 heavy (non-hydrogen) atoms. The smallest absolute Gasteiger partial charge is 0.475 e. The Kier molecular flexibility index (Phi) is 14.3. The lowest BCUT2D eigenvalue weighted by Crippen LogP contribution is -2.53. The van der Waals surface area contributed by atoms with Gasteiger partial charge in [0.05, 0.1) is 18.8 Å². The maximum absolute atomic E-state index is 10.6. The monoisotopic (exact) mass is 603 g/mol. The molecule has 0 radical (unpaired) electrons. The molecule has 19 heteroatoms. The molecule has 2 saturated heterocycles. The maximum Gasteiger partial charge on any atom is 0.490 e. The molecule has 0 unspecified atom stereocenters. The maximum atomic E-state index is 10.6. The van der Waals surface area contributed by atoms with Crippen molar-refractivity contribution >= 4 is 17.9 Å².